The third-order valence-corrected chi connectivity index (χ3v) is 3.36. The van der Waals surface area contributed by atoms with Gasteiger partial charge in [-0.15, -0.1) is 0 Å². The number of nitrogens with zero attached hydrogens (tertiary/aromatic N) is 2. The molecule has 1 amide bonds. The Balaban J connectivity index is 1.97. The number of nitrogens with one attached hydrogen (secondary N) is 1. The maximum Gasteiger partial charge on any atom is 0.270 e. The number of aromatic nitrogens is 2. The number of amides is 1. The summed E-state index contributed by atoms with van der Waals surface area (Å²) in [4.78, 5) is 16.6. The van der Waals surface area contributed by atoms with Crippen molar-refractivity contribution < 1.29 is 4.79 Å². The van der Waals surface area contributed by atoms with E-state index in [4.69, 9.17) is 0 Å². The molecule has 2 heterocycles. The summed E-state index contributed by atoms with van der Waals surface area (Å²) >= 11 is 0. The topological polar surface area (TPSA) is 46.4 Å². The molecule has 1 fully saturated rings. The van der Waals surface area contributed by atoms with Gasteiger partial charge in [0.25, 0.3) is 5.91 Å². The second-order valence-electron chi connectivity index (χ2n) is 4.58. The van der Waals surface area contributed by atoms with Crippen molar-refractivity contribution in [2.24, 2.45) is 0 Å². The molecule has 4 heteroatoms. The van der Waals surface area contributed by atoms with Gasteiger partial charge in [-0.3, -0.25) is 9.20 Å². The largest absolute Gasteiger partial charge is 0.348 e. The zero-order valence-electron chi connectivity index (χ0n) is 9.81. The lowest BCUT2D eigenvalue weighted by atomic mass is 9.93. The van der Waals surface area contributed by atoms with Gasteiger partial charge in [-0.05, 0) is 38.3 Å². The Morgan fingerprint density at radius 2 is 2.29 bits per heavy atom. The standard InChI is InChI=1S/C13H15N3O/c1-9-12(13(17)15-10-5-4-6-10)16-8-3-2-7-11(16)14-9/h2-3,7-8,10H,4-6H2,1H3,(H,15,17). The van der Waals surface area contributed by atoms with E-state index in [9.17, 15) is 4.79 Å². The van der Waals surface area contributed by atoms with Crippen LogP contribution in [0.4, 0.5) is 0 Å². The van der Waals surface area contributed by atoms with Crippen LogP contribution in [-0.4, -0.2) is 21.3 Å². The summed E-state index contributed by atoms with van der Waals surface area (Å²) in [5, 5.41) is 3.05. The number of carbonyl (C=O) groups is 1. The molecule has 0 aromatic carbocycles. The zero-order valence-corrected chi connectivity index (χ0v) is 9.81. The van der Waals surface area contributed by atoms with Crippen LogP contribution in [0, 0.1) is 6.92 Å². The SMILES string of the molecule is Cc1nc2ccccn2c1C(=O)NC1CCC1. The molecule has 1 N–H and O–H groups in total. The third-order valence-electron chi connectivity index (χ3n) is 3.36. The molecule has 88 valence electrons. The highest BCUT2D eigenvalue weighted by molar-refractivity contribution is 5.94. The second kappa shape index (κ2) is 3.87. The molecule has 0 bridgehead atoms. The van der Waals surface area contributed by atoms with Gasteiger partial charge in [-0.2, -0.15) is 0 Å². The number of aryl methyl sites for hydroxylation is 1. The Morgan fingerprint density at radius 3 is 3.00 bits per heavy atom. The number of hydrogen-bond donors (Lipinski definition) is 1. The highest BCUT2D eigenvalue weighted by Gasteiger charge is 2.23. The number of carbonyl (C=O) groups excluding carboxylic acids is 1. The molecule has 3 rings (SSSR count). The maximum atomic E-state index is 12.2. The molecule has 1 aliphatic carbocycles. The van der Waals surface area contributed by atoms with Gasteiger partial charge in [-0.1, -0.05) is 6.07 Å². The minimum Gasteiger partial charge on any atom is -0.348 e. The minimum atomic E-state index is -0.00843. The van der Waals surface area contributed by atoms with Crippen LogP contribution in [0.15, 0.2) is 24.4 Å². The highest BCUT2D eigenvalue weighted by atomic mass is 16.2. The molecule has 0 unspecified atom stereocenters. The number of hydrogen-bond acceptors (Lipinski definition) is 2. The van der Waals surface area contributed by atoms with E-state index >= 15 is 0 Å². The van der Waals surface area contributed by atoms with Crippen molar-refractivity contribution in [3.05, 3.63) is 35.8 Å². The third kappa shape index (κ3) is 1.69. The fraction of sp³-hybridized carbons (Fsp3) is 0.385. The first kappa shape index (κ1) is 10.3. The van der Waals surface area contributed by atoms with Gasteiger partial charge in [0.15, 0.2) is 0 Å². The number of imidazole rings is 1. The van der Waals surface area contributed by atoms with E-state index in [1.165, 1.54) is 6.42 Å². The summed E-state index contributed by atoms with van der Waals surface area (Å²) in [6, 6.07) is 6.10. The first-order valence-electron chi connectivity index (χ1n) is 6.00. The van der Waals surface area contributed by atoms with E-state index in [2.05, 4.69) is 10.3 Å². The van der Waals surface area contributed by atoms with Crippen molar-refractivity contribution in [1.29, 1.82) is 0 Å². The second-order valence-corrected chi connectivity index (χ2v) is 4.58. The molecular weight excluding hydrogens is 214 g/mol. The Kier molecular flexibility index (Phi) is 2.35. The van der Waals surface area contributed by atoms with Crippen molar-refractivity contribution in [2.75, 3.05) is 0 Å². The van der Waals surface area contributed by atoms with Gasteiger partial charge >= 0.3 is 0 Å². The summed E-state index contributed by atoms with van der Waals surface area (Å²) in [7, 11) is 0. The van der Waals surface area contributed by atoms with Crippen molar-refractivity contribution in [3.63, 3.8) is 0 Å². The van der Waals surface area contributed by atoms with Crippen LogP contribution in [0.3, 0.4) is 0 Å². The molecule has 2 aromatic rings. The van der Waals surface area contributed by atoms with E-state index in [0.29, 0.717) is 11.7 Å². The van der Waals surface area contributed by atoms with E-state index in [-0.39, 0.29) is 5.91 Å². The Labute approximate surface area is 99.7 Å². The van der Waals surface area contributed by atoms with Crippen molar-refractivity contribution in [3.8, 4) is 0 Å². The van der Waals surface area contributed by atoms with E-state index < -0.39 is 0 Å². The van der Waals surface area contributed by atoms with E-state index in [1.54, 1.807) is 0 Å². The normalized spacial score (nSPS) is 15.8. The zero-order chi connectivity index (χ0) is 11.8. The fourth-order valence-electron chi connectivity index (χ4n) is 2.19. The van der Waals surface area contributed by atoms with Gasteiger partial charge in [0.05, 0.1) is 5.69 Å². The maximum absolute atomic E-state index is 12.2. The first-order valence-corrected chi connectivity index (χ1v) is 6.00. The predicted octanol–water partition coefficient (Wildman–Crippen LogP) is 1.93. The van der Waals surface area contributed by atoms with E-state index in [1.807, 2.05) is 35.7 Å². The smallest absolute Gasteiger partial charge is 0.270 e. The Bertz CT molecular complexity index is 569. The van der Waals surface area contributed by atoms with Crippen molar-refractivity contribution in [1.82, 2.24) is 14.7 Å². The first-order chi connectivity index (χ1) is 8.25. The summed E-state index contributed by atoms with van der Waals surface area (Å²) < 4.78 is 1.85. The fourth-order valence-corrected chi connectivity index (χ4v) is 2.19. The summed E-state index contributed by atoms with van der Waals surface area (Å²) in [6.45, 7) is 1.88. The Hall–Kier alpha value is -1.84. The van der Waals surface area contributed by atoms with Crippen LogP contribution < -0.4 is 5.32 Å². The van der Waals surface area contributed by atoms with Crippen LogP contribution >= 0.6 is 0 Å². The lowest BCUT2D eigenvalue weighted by Crippen LogP contribution is -2.40. The summed E-state index contributed by atoms with van der Waals surface area (Å²) in [5.41, 5.74) is 2.27. The molecule has 0 saturated heterocycles. The van der Waals surface area contributed by atoms with Crippen LogP contribution in [0.2, 0.25) is 0 Å². The van der Waals surface area contributed by atoms with Gasteiger partial charge < -0.3 is 5.32 Å². The van der Waals surface area contributed by atoms with Gasteiger partial charge in [0, 0.05) is 12.2 Å². The summed E-state index contributed by atoms with van der Waals surface area (Å²) in [5.74, 6) is -0.00843. The number of fused-ring (bicyclic) bond motifs is 1. The van der Waals surface area contributed by atoms with E-state index in [0.717, 1.165) is 24.2 Å². The van der Waals surface area contributed by atoms with Crippen LogP contribution in [-0.2, 0) is 0 Å². The average molecular weight is 229 g/mol. The molecule has 2 aromatic heterocycles. The van der Waals surface area contributed by atoms with Crippen LogP contribution in [0.5, 0.6) is 0 Å². The van der Waals surface area contributed by atoms with Gasteiger partial charge in [-0.25, -0.2) is 4.98 Å². The monoisotopic (exact) mass is 229 g/mol. The van der Waals surface area contributed by atoms with Crippen molar-refractivity contribution >= 4 is 11.6 Å². The summed E-state index contributed by atoms with van der Waals surface area (Å²) in [6.07, 6.45) is 5.30. The molecule has 17 heavy (non-hydrogen) atoms. The lowest BCUT2D eigenvalue weighted by molar-refractivity contribution is 0.0910. The average Bonchev–Trinajstić information content (AvgIpc) is 2.59. The molecule has 4 nitrogen and oxygen atoms in total. The van der Waals surface area contributed by atoms with Gasteiger partial charge in [0.2, 0.25) is 0 Å². The quantitative estimate of drug-likeness (QED) is 0.855. The molecule has 0 radical (unpaired) electrons. The number of pyridine rings is 1. The van der Waals surface area contributed by atoms with Gasteiger partial charge in [0.1, 0.15) is 11.3 Å². The Morgan fingerprint density at radius 1 is 1.47 bits per heavy atom. The molecule has 0 aliphatic heterocycles. The van der Waals surface area contributed by atoms with Crippen LogP contribution in [0.25, 0.3) is 5.65 Å². The molecule has 1 saturated carbocycles. The lowest BCUT2D eigenvalue weighted by Gasteiger charge is -2.26. The molecular formula is C13H15N3O. The molecule has 0 atom stereocenters. The molecule has 1 aliphatic rings. The van der Waals surface area contributed by atoms with Crippen molar-refractivity contribution in [2.45, 2.75) is 32.2 Å². The molecule has 0 spiro atoms. The van der Waals surface area contributed by atoms with Crippen LogP contribution in [0.1, 0.15) is 35.4 Å². The number of rotatable bonds is 2. The predicted molar refractivity (Wildman–Crippen MR) is 65.0 cm³/mol. The minimum absolute atomic E-state index is 0.00843. The highest BCUT2D eigenvalue weighted by Crippen LogP contribution is 2.19.